The van der Waals surface area contributed by atoms with E-state index in [2.05, 4.69) is 31.9 Å². The number of sulfone groups is 1. The molecule has 0 aliphatic rings. The minimum atomic E-state index is -3.25. The molecule has 0 aliphatic heterocycles. The molecule has 2 nitrogen and oxygen atoms in total. The van der Waals surface area contributed by atoms with E-state index < -0.39 is 9.84 Å². The maximum Gasteiger partial charge on any atom is 0.175 e. The van der Waals surface area contributed by atoms with Crippen molar-refractivity contribution >= 4 is 41.7 Å². The van der Waals surface area contributed by atoms with Gasteiger partial charge in [0, 0.05) is 6.26 Å². The second kappa shape index (κ2) is 5.95. The molecule has 0 spiro atoms. The van der Waals surface area contributed by atoms with Crippen molar-refractivity contribution in [2.24, 2.45) is 0 Å². The first-order chi connectivity index (χ1) is 9.29. The third-order valence-electron chi connectivity index (χ3n) is 2.82. The van der Waals surface area contributed by atoms with Crippen LogP contribution in [0.25, 0.3) is 0 Å². The van der Waals surface area contributed by atoms with Gasteiger partial charge in [-0.25, -0.2) is 12.8 Å². The summed E-state index contributed by atoms with van der Waals surface area (Å²) in [6, 6.07) is 11.4. The third-order valence-corrected chi connectivity index (χ3v) is 5.59. The first-order valence-electron chi connectivity index (χ1n) is 5.68. The van der Waals surface area contributed by atoms with Crippen LogP contribution in [0, 0.1) is 5.82 Å². The zero-order valence-electron chi connectivity index (χ0n) is 10.5. The fraction of sp³-hybridized carbons (Fsp3) is 0.143. The molecule has 6 heteroatoms. The molecule has 106 valence electrons. The van der Waals surface area contributed by atoms with Gasteiger partial charge in [0.2, 0.25) is 0 Å². The van der Waals surface area contributed by atoms with Crippen LogP contribution >= 0.6 is 31.9 Å². The van der Waals surface area contributed by atoms with Crippen LogP contribution in [0.15, 0.2) is 51.8 Å². The Labute approximate surface area is 134 Å². The zero-order valence-corrected chi connectivity index (χ0v) is 14.5. The Kier molecular flexibility index (Phi) is 4.66. The van der Waals surface area contributed by atoms with Gasteiger partial charge in [0.1, 0.15) is 5.82 Å². The van der Waals surface area contributed by atoms with Crippen LogP contribution in [0.2, 0.25) is 0 Å². The maximum absolute atomic E-state index is 13.2. The lowest BCUT2D eigenvalue weighted by molar-refractivity contribution is 0.601. The van der Waals surface area contributed by atoms with Crippen molar-refractivity contribution in [3.05, 3.63) is 63.9 Å². The summed E-state index contributed by atoms with van der Waals surface area (Å²) in [4.78, 5) is 0.0572. The summed E-state index contributed by atoms with van der Waals surface area (Å²) in [5, 5.41) is 0. The largest absolute Gasteiger partial charge is 0.224 e. The van der Waals surface area contributed by atoms with E-state index >= 15 is 0 Å². The topological polar surface area (TPSA) is 34.1 Å². The van der Waals surface area contributed by atoms with Crippen molar-refractivity contribution in [3.63, 3.8) is 0 Å². The molecule has 0 amide bonds. The third kappa shape index (κ3) is 3.48. The quantitative estimate of drug-likeness (QED) is 0.685. The fourth-order valence-corrected chi connectivity index (χ4v) is 3.41. The molecule has 0 heterocycles. The molecular weight excluding hydrogens is 411 g/mol. The highest BCUT2D eigenvalue weighted by atomic mass is 79.9. The monoisotopic (exact) mass is 420 g/mol. The van der Waals surface area contributed by atoms with E-state index in [4.69, 9.17) is 0 Å². The van der Waals surface area contributed by atoms with Gasteiger partial charge in [0.25, 0.3) is 0 Å². The molecule has 1 atom stereocenters. The van der Waals surface area contributed by atoms with Crippen molar-refractivity contribution in [3.8, 4) is 0 Å². The van der Waals surface area contributed by atoms with Crippen molar-refractivity contribution in [2.45, 2.75) is 9.72 Å². The molecule has 0 bridgehead atoms. The van der Waals surface area contributed by atoms with Gasteiger partial charge in [-0.05, 0) is 51.3 Å². The molecule has 2 aromatic rings. The molecule has 0 aromatic heterocycles. The summed E-state index contributed by atoms with van der Waals surface area (Å²) in [5.41, 5.74) is 1.63. The number of benzene rings is 2. The second-order valence-electron chi connectivity index (χ2n) is 4.38. The van der Waals surface area contributed by atoms with E-state index in [-0.39, 0.29) is 15.5 Å². The lowest BCUT2D eigenvalue weighted by Gasteiger charge is -2.12. The minimum absolute atomic E-state index is 0.207. The highest BCUT2D eigenvalue weighted by molar-refractivity contribution is 9.10. The molecule has 0 saturated heterocycles. The lowest BCUT2D eigenvalue weighted by Crippen LogP contribution is -2.00. The van der Waals surface area contributed by atoms with Gasteiger partial charge < -0.3 is 0 Å². The molecule has 0 fully saturated rings. The molecule has 0 N–H and O–H groups in total. The van der Waals surface area contributed by atoms with Crippen molar-refractivity contribution < 1.29 is 12.8 Å². The maximum atomic E-state index is 13.2. The van der Waals surface area contributed by atoms with E-state index in [1.54, 1.807) is 30.3 Å². The first-order valence-corrected chi connectivity index (χ1v) is 9.28. The van der Waals surface area contributed by atoms with E-state index in [0.29, 0.717) is 4.47 Å². The smallest absolute Gasteiger partial charge is 0.175 e. The first kappa shape index (κ1) is 15.7. The Morgan fingerprint density at radius 2 is 1.75 bits per heavy atom. The molecule has 2 rings (SSSR count). The summed E-state index contributed by atoms with van der Waals surface area (Å²) in [6.45, 7) is 0. The summed E-state index contributed by atoms with van der Waals surface area (Å²) in [5.74, 6) is -0.335. The van der Waals surface area contributed by atoms with Crippen LogP contribution in [-0.2, 0) is 9.84 Å². The summed E-state index contributed by atoms with van der Waals surface area (Å²) in [6.07, 6.45) is 1.17. The van der Waals surface area contributed by atoms with Gasteiger partial charge in [-0.2, -0.15) is 0 Å². The van der Waals surface area contributed by atoms with Gasteiger partial charge >= 0.3 is 0 Å². The highest BCUT2D eigenvalue weighted by Gasteiger charge is 2.15. The van der Waals surface area contributed by atoms with E-state index in [1.165, 1.54) is 12.3 Å². The Morgan fingerprint density at radius 1 is 1.10 bits per heavy atom. The van der Waals surface area contributed by atoms with Crippen molar-refractivity contribution in [1.29, 1.82) is 0 Å². The van der Waals surface area contributed by atoms with Gasteiger partial charge in [0.05, 0.1) is 14.2 Å². The van der Waals surface area contributed by atoms with Crippen LogP contribution in [-0.4, -0.2) is 14.7 Å². The molecule has 2 aromatic carbocycles. The number of alkyl halides is 1. The highest BCUT2D eigenvalue weighted by Crippen LogP contribution is 2.33. The summed E-state index contributed by atoms with van der Waals surface area (Å²) < 4.78 is 36.8. The van der Waals surface area contributed by atoms with Crippen LogP contribution in [0.1, 0.15) is 16.0 Å². The van der Waals surface area contributed by atoms with Crippen LogP contribution in [0.4, 0.5) is 4.39 Å². The second-order valence-corrected chi connectivity index (χ2v) is 8.17. The van der Waals surface area contributed by atoms with Gasteiger partial charge in [0.15, 0.2) is 9.84 Å². The Bertz CT molecular complexity index is 745. The summed E-state index contributed by atoms with van der Waals surface area (Å²) >= 11 is 6.66. The SMILES string of the molecule is CS(=O)(=O)c1cccc(C(Br)c2ccc(F)c(Br)c2)c1. The number of halogens is 3. The number of rotatable bonds is 3. The van der Waals surface area contributed by atoms with E-state index in [1.807, 2.05) is 6.07 Å². The molecule has 0 radical (unpaired) electrons. The van der Waals surface area contributed by atoms with Crippen LogP contribution < -0.4 is 0 Å². The van der Waals surface area contributed by atoms with Gasteiger partial charge in [-0.3, -0.25) is 0 Å². The number of hydrogen-bond acceptors (Lipinski definition) is 2. The molecule has 1 unspecified atom stereocenters. The molecule has 0 saturated carbocycles. The number of hydrogen-bond donors (Lipinski definition) is 0. The van der Waals surface area contributed by atoms with Gasteiger partial charge in [-0.1, -0.05) is 34.1 Å². The normalized spacial score (nSPS) is 13.2. The zero-order chi connectivity index (χ0) is 14.9. The van der Waals surface area contributed by atoms with Crippen molar-refractivity contribution in [1.82, 2.24) is 0 Å². The predicted octanol–water partition coefficient (Wildman–Crippen LogP) is 4.48. The Balaban J connectivity index is 2.43. The van der Waals surface area contributed by atoms with E-state index in [0.717, 1.165) is 11.1 Å². The van der Waals surface area contributed by atoms with Gasteiger partial charge in [-0.15, -0.1) is 0 Å². The van der Waals surface area contributed by atoms with Crippen molar-refractivity contribution in [2.75, 3.05) is 6.26 Å². The predicted molar refractivity (Wildman–Crippen MR) is 84.4 cm³/mol. The average molecular weight is 422 g/mol. The summed E-state index contributed by atoms with van der Waals surface area (Å²) in [7, 11) is -3.25. The molecule has 0 aliphatic carbocycles. The van der Waals surface area contributed by atoms with Crippen LogP contribution in [0.3, 0.4) is 0 Å². The van der Waals surface area contributed by atoms with E-state index in [9.17, 15) is 12.8 Å². The lowest BCUT2D eigenvalue weighted by atomic mass is 10.1. The Hall–Kier alpha value is -0.720. The standard InChI is InChI=1S/C14H11Br2FO2S/c1-20(18,19)11-4-2-3-9(7-11)14(16)10-5-6-13(17)12(15)8-10/h2-8,14H,1H3. The fourth-order valence-electron chi connectivity index (χ4n) is 1.77. The Morgan fingerprint density at radius 3 is 2.35 bits per heavy atom. The molecular formula is C14H11Br2FO2S. The molecule has 20 heavy (non-hydrogen) atoms. The average Bonchev–Trinajstić information content (AvgIpc) is 2.40. The van der Waals surface area contributed by atoms with Crippen LogP contribution in [0.5, 0.6) is 0 Å². The minimum Gasteiger partial charge on any atom is -0.224 e.